The van der Waals surface area contributed by atoms with Crippen LogP contribution >= 0.6 is 27.7 Å². The zero-order chi connectivity index (χ0) is 15.6. The summed E-state index contributed by atoms with van der Waals surface area (Å²) in [5, 5.41) is 15.9. The first-order valence-electron chi connectivity index (χ1n) is 5.41. The van der Waals surface area contributed by atoms with Crippen LogP contribution in [0.4, 0.5) is 13.2 Å². The Bertz CT molecular complexity index is 675. The van der Waals surface area contributed by atoms with Gasteiger partial charge in [0.05, 0.1) is 17.0 Å². The predicted octanol–water partition coefficient (Wildman–Crippen LogP) is 3.23. The van der Waals surface area contributed by atoms with Gasteiger partial charge in [0.1, 0.15) is 6.33 Å². The maximum Gasteiger partial charge on any atom is 0.418 e. The molecule has 10 heteroatoms. The van der Waals surface area contributed by atoms with E-state index in [1.165, 1.54) is 12.1 Å². The van der Waals surface area contributed by atoms with Crippen LogP contribution in [0, 0.1) is 0 Å². The average molecular weight is 382 g/mol. The number of benzene rings is 1. The first-order chi connectivity index (χ1) is 9.79. The molecule has 0 atom stereocenters. The fourth-order valence-electron chi connectivity index (χ4n) is 1.56. The van der Waals surface area contributed by atoms with Crippen molar-refractivity contribution in [2.45, 2.75) is 11.3 Å². The van der Waals surface area contributed by atoms with Crippen LogP contribution in [0.3, 0.4) is 0 Å². The number of thioether (sulfide) groups is 1. The lowest BCUT2D eigenvalue weighted by molar-refractivity contribution is -0.137. The summed E-state index contributed by atoms with van der Waals surface area (Å²) in [5.41, 5.74) is -1.03. The van der Waals surface area contributed by atoms with E-state index in [1.807, 2.05) is 0 Å². The SMILES string of the molecule is O=C(O)CSc1nncn1-c1ccc(Br)cc1C(F)(F)F. The van der Waals surface area contributed by atoms with Crippen molar-refractivity contribution >= 4 is 33.7 Å². The molecule has 1 N–H and O–H groups in total. The van der Waals surface area contributed by atoms with Gasteiger partial charge in [-0.3, -0.25) is 9.36 Å². The van der Waals surface area contributed by atoms with Gasteiger partial charge in [-0.05, 0) is 18.2 Å². The molecule has 0 amide bonds. The summed E-state index contributed by atoms with van der Waals surface area (Å²) in [6.45, 7) is 0. The number of rotatable bonds is 4. The van der Waals surface area contributed by atoms with E-state index in [0.717, 1.165) is 28.7 Å². The summed E-state index contributed by atoms with van der Waals surface area (Å²) in [6.07, 6.45) is -3.44. The van der Waals surface area contributed by atoms with Gasteiger partial charge in [-0.2, -0.15) is 13.2 Å². The van der Waals surface area contributed by atoms with Crippen molar-refractivity contribution < 1.29 is 23.1 Å². The van der Waals surface area contributed by atoms with E-state index in [0.29, 0.717) is 0 Å². The topological polar surface area (TPSA) is 68.0 Å². The highest BCUT2D eigenvalue weighted by atomic mass is 79.9. The van der Waals surface area contributed by atoms with E-state index in [1.54, 1.807) is 0 Å². The van der Waals surface area contributed by atoms with Gasteiger partial charge in [-0.1, -0.05) is 27.7 Å². The fourth-order valence-corrected chi connectivity index (χ4v) is 2.56. The maximum absolute atomic E-state index is 13.1. The molecular formula is C11H7BrF3N3O2S. The van der Waals surface area contributed by atoms with Crippen LogP contribution in [-0.4, -0.2) is 31.6 Å². The monoisotopic (exact) mass is 381 g/mol. The molecule has 0 unspecified atom stereocenters. The van der Waals surface area contributed by atoms with E-state index >= 15 is 0 Å². The summed E-state index contributed by atoms with van der Waals surface area (Å²) in [7, 11) is 0. The Morgan fingerprint density at radius 3 is 2.76 bits per heavy atom. The van der Waals surface area contributed by atoms with E-state index in [-0.39, 0.29) is 21.1 Å². The zero-order valence-corrected chi connectivity index (χ0v) is 12.5. The molecule has 2 rings (SSSR count). The second-order valence-corrected chi connectivity index (χ2v) is 5.68. The molecule has 0 aliphatic rings. The molecule has 0 bridgehead atoms. The number of halogens is 4. The van der Waals surface area contributed by atoms with Crippen LogP contribution in [-0.2, 0) is 11.0 Å². The third-order valence-electron chi connectivity index (χ3n) is 2.36. The number of aliphatic carboxylic acids is 1. The molecule has 0 aliphatic carbocycles. The van der Waals surface area contributed by atoms with Crippen molar-refractivity contribution in [3.8, 4) is 5.69 Å². The third kappa shape index (κ3) is 3.76. The van der Waals surface area contributed by atoms with E-state index in [9.17, 15) is 18.0 Å². The van der Waals surface area contributed by atoms with E-state index < -0.39 is 17.7 Å². The minimum atomic E-state index is -4.56. The molecule has 0 fully saturated rings. The Kier molecular flexibility index (Phi) is 4.57. The quantitative estimate of drug-likeness (QED) is 0.823. The number of carbonyl (C=O) groups is 1. The number of hydrogen-bond acceptors (Lipinski definition) is 4. The first kappa shape index (κ1) is 15.8. The van der Waals surface area contributed by atoms with Gasteiger partial charge in [-0.15, -0.1) is 10.2 Å². The number of alkyl halides is 3. The minimum Gasteiger partial charge on any atom is -0.481 e. The highest BCUT2D eigenvalue weighted by Crippen LogP contribution is 2.36. The number of aromatic nitrogens is 3. The fraction of sp³-hybridized carbons (Fsp3) is 0.182. The van der Waals surface area contributed by atoms with E-state index in [2.05, 4.69) is 26.1 Å². The molecule has 0 radical (unpaired) electrons. The smallest absolute Gasteiger partial charge is 0.418 e. The summed E-state index contributed by atoms with van der Waals surface area (Å²) in [4.78, 5) is 10.5. The van der Waals surface area contributed by atoms with Crippen molar-refractivity contribution in [1.29, 1.82) is 0 Å². The highest BCUT2D eigenvalue weighted by molar-refractivity contribution is 9.10. The Labute approximate surface area is 129 Å². The standard InChI is InChI=1S/C11H7BrF3N3O2S/c12-6-1-2-8(7(3-6)11(13,14)15)18-5-16-17-10(18)21-4-9(19)20/h1-3,5H,4H2,(H,19,20). The van der Waals surface area contributed by atoms with Gasteiger partial charge < -0.3 is 5.11 Å². The van der Waals surface area contributed by atoms with Crippen molar-refractivity contribution in [3.63, 3.8) is 0 Å². The average Bonchev–Trinajstić information content (AvgIpc) is 2.83. The molecule has 1 heterocycles. The molecule has 5 nitrogen and oxygen atoms in total. The largest absolute Gasteiger partial charge is 0.481 e. The van der Waals surface area contributed by atoms with Crippen molar-refractivity contribution in [2.75, 3.05) is 5.75 Å². The Hall–Kier alpha value is -1.55. The molecule has 2 aromatic rings. The van der Waals surface area contributed by atoms with Crippen molar-refractivity contribution in [3.05, 3.63) is 34.6 Å². The summed E-state index contributed by atoms with van der Waals surface area (Å²) >= 11 is 3.79. The molecule has 0 saturated carbocycles. The lowest BCUT2D eigenvalue weighted by atomic mass is 10.1. The number of nitrogens with zero attached hydrogens (tertiary/aromatic N) is 3. The predicted molar refractivity (Wildman–Crippen MR) is 72.4 cm³/mol. The Balaban J connectivity index is 2.48. The Morgan fingerprint density at radius 1 is 1.43 bits per heavy atom. The molecule has 1 aromatic heterocycles. The Morgan fingerprint density at radius 2 is 2.14 bits per heavy atom. The van der Waals surface area contributed by atoms with Gasteiger partial charge in [0.25, 0.3) is 0 Å². The zero-order valence-electron chi connectivity index (χ0n) is 10.1. The van der Waals surface area contributed by atoms with Crippen molar-refractivity contribution in [2.24, 2.45) is 0 Å². The van der Waals surface area contributed by atoms with E-state index in [4.69, 9.17) is 5.11 Å². The lowest BCUT2D eigenvalue weighted by Gasteiger charge is -2.14. The molecule has 0 saturated heterocycles. The molecule has 21 heavy (non-hydrogen) atoms. The van der Waals surface area contributed by atoms with Gasteiger partial charge in [0, 0.05) is 4.47 Å². The minimum absolute atomic E-state index is 0.0743. The van der Waals surface area contributed by atoms with Crippen LogP contribution in [0.15, 0.2) is 34.2 Å². The molecular weight excluding hydrogens is 375 g/mol. The van der Waals surface area contributed by atoms with Gasteiger partial charge in [0.2, 0.25) is 0 Å². The summed E-state index contributed by atoms with van der Waals surface area (Å²) in [5.74, 6) is -1.42. The molecule has 0 spiro atoms. The number of carboxylic acid groups (broad SMARTS) is 1. The number of carboxylic acids is 1. The van der Waals surface area contributed by atoms with Crippen LogP contribution in [0.2, 0.25) is 0 Å². The lowest BCUT2D eigenvalue weighted by Crippen LogP contribution is -2.11. The van der Waals surface area contributed by atoms with Crippen LogP contribution in [0.25, 0.3) is 5.69 Å². The molecule has 0 aliphatic heterocycles. The van der Waals surface area contributed by atoms with Crippen LogP contribution in [0.1, 0.15) is 5.56 Å². The van der Waals surface area contributed by atoms with Gasteiger partial charge >= 0.3 is 12.1 Å². The van der Waals surface area contributed by atoms with Crippen LogP contribution in [0.5, 0.6) is 0 Å². The number of hydrogen-bond donors (Lipinski definition) is 1. The molecule has 112 valence electrons. The second kappa shape index (κ2) is 6.06. The second-order valence-electron chi connectivity index (χ2n) is 3.83. The van der Waals surface area contributed by atoms with Gasteiger partial charge in [0.15, 0.2) is 5.16 Å². The summed E-state index contributed by atoms with van der Waals surface area (Å²) < 4.78 is 40.7. The van der Waals surface area contributed by atoms with Gasteiger partial charge in [-0.25, -0.2) is 0 Å². The van der Waals surface area contributed by atoms with Crippen molar-refractivity contribution in [1.82, 2.24) is 14.8 Å². The normalized spacial score (nSPS) is 11.6. The maximum atomic E-state index is 13.1. The molecule has 1 aromatic carbocycles. The third-order valence-corrected chi connectivity index (χ3v) is 3.79. The summed E-state index contributed by atoms with van der Waals surface area (Å²) in [6, 6.07) is 3.66. The van der Waals surface area contributed by atoms with Crippen LogP contribution < -0.4 is 0 Å². The highest BCUT2D eigenvalue weighted by Gasteiger charge is 2.34. The first-order valence-corrected chi connectivity index (χ1v) is 7.18.